The molecule has 1 heterocycles. The Balaban J connectivity index is 1.87. The van der Waals surface area contributed by atoms with Crippen molar-refractivity contribution in [3.63, 3.8) is 0 Å². The number of hydrogen-bond donors (Lipinski definition) is 1. The molecule has 0 fully saturated rings. The van der Waals surface area contributed by atoms with E-state index < -0.39 is 0 Å². The normalized spacial score (nSPS) is 11.0. The monoisotopic (exact) mass is 407 g/mol. The van der Waals surface area contributed by atoms with Crippen LogP contribution < -0.4 is 14.9 Å². The van der Waals surface area contributed by atoms with E-state index in [-0.39, 0.29) is 5.43 Å². The molecule has 0 saturated carbocycles. The van der Waals surface area contributed by atoms with Gasteiger partial charge in [0.25, 0.3) is 0 Å². The van der Waals surface area contributed by atoms with E-state index in [1.165, 1.54) is 0 Å². The smallest absolute Gasteiger partial charge is 0.196 e. The second-order valence-corrected chi connectivity index (χ2v) is 7.38. The molecular formula is C27H21NO3. The topological polar surface area (TPSA) is 51.3 Å². The van der Waals surface area contributed by atoms with Gasteiger partial charge < -0.3 is 14.5 Å². The predicted molar refractivity (Wildman–Crippen MR) is 126 cm³/mol. The fraction of sp³-hybridized carbons (Fsp3) is 0.0741. The molecule has 4 nitrogen and oxygen atoms in total. The average Bonchev–Trinajstić information content (AvgIpc) is 2.84. The van der Waals surface area contributed by atoms with Crippen molar-refractivity contribution in [1.82, 2.24) is 4.98 Å². The first-order valence-electron chi connectivity index (χ1n) is 10.1. The highest BCUT2D eigenvalue weighted by Crippen LogP contribution is 2.35. The van der Waals surface area contributed by atoms with E-state index in [0.29, 0.717) is 10.9 Å². The summed E-state index contributed by atoms with van der Waals surface area (Å²) in [7, 11) is 3.29. The summed E-state index contributed by atoms with van der Waals surface area (Å²) < 4.78 is 10.6. The Morgan fingerprint density at radius 2 is 1.32 bits per heavy atom. The van der Waals surface area contributed by atoms with E-state index in [2.05, 4.69) is 4.98 Å². The minimum Gasteiger partial charge on any atom is -0.497 e. The van der Waals surface area contributed by atoms with Crippen LogP contribution in [-0.2, 0) is 0 Å². The molecule has 1 aromatic heterocycles. The van der Waals surface area contributed by atoms with Crippen molar-refractivity contribution in [2.24, 2.45) is 0 Å². The summed E-state index contributed by atoms with van der Waals surface area (Å²) in [5.41, 5.74) is 4.39. The fourth-order valence-corrected chi connectivity index (χ4v) is 4.07. The SMILES string of the molecule is COc1ccc(-c2cc(-c3ccc(OC)cc3)c3ccc4ccc[nH]c4c3c2=O)cc1. The lowest BCUT2D eigenvalue weighted by molar-refractivity contribution is 0.415. The van der Waals surface area contributed by atoms with Gasteiger partial charge in [0.15, 0.2) is 5.43 Å². The van der Waals surface area contributed by atoms with Crippen LogP contribution in [0, 0.1) is 0 Å². The lowest BCUT2D eigenvalue weighted by Gasteiger charge is -2.13. The van der Waals surface area contributed by atoms with E-state index in [0.717, 1.165) is 44.5 Å². The summed E-state index contributed by atoms with van der Waals surface area (Å²) in [5, 5.41) is 2.61. The molecule has 5 aromatic rings. The van der Waals surface area contributed by atoms with Crippen LogP contribution in [0.4, 0.5) is 0 Å². The standard InChI is InChI=1S/C27H21NO3/c1-30-20-10-5-17(6-11-20)23-16-24(18-7-12-21(31-2)13-8-18)27(29)25-22(23)14-9-19-4-3-15-28-26(19)25/h3-16,28H,1-2H3. The Morgan fingerprint density at radius 1 is 0.710 bits per heavy atom. The van der Waals surface area contributed by atoms with Gasteiger partial charge in [-0.3, -0.25) is 4.79 Å². The van der Waals surface area contributed by atoms with Crippen molar-refractivity contribution >= 4 is 21.7 Å². The molecule has 0 atom stereocenters. The molecule has 0 aliphatic rings. The zero-order valence-electron chi connectivity index (χ0n) is 17.3. The minimum atomic E-state index is 0.00507. The van der Waals surface area contributed by atoms with Crippen molar-refractivity contribution < 1.29 is 9.47 Å². The van der Waals surface area contributed by atoms with Crippen molar-refractivity contribution in [2.75, 3.05) is 14.2 Å². The van der Waals surface area contributed by atoms with E-state index in [9.17, 15) is 4.79 Å². The summed E-state index contributed by atoms with van der Waals surface area (Å²) in [5.74, 6) is 1.55. The number of nitrogens with one attached hydrogen (secondary N) is 1. The molecular weight excluding hydrogens is 386 g/mol. The minimum absolute atomic E-state index is 0.00507. The molecule has 1 N–H and O–H groups in total. The molecule has 0 unspecified atom stereocenters. The summed E-state index contributed by atoms with van der Waals surface area (Å²) >= 11 is 0. The van der Waals surface area contributed by atoms with E-state index in [1.807, 2.05) is 85.1 Å². The van der Waals surface area contributed by atoms with Gasteiger partial charge in [-0.1, -0.05) is 42.5 Å². The molecule has 4 aromatic carbocycles. The number of ether oxygens (including phenoxy) is 2. The number of aromatic amines is 1. The highest BCUT2D eigenvalue weighted by Gasteiger charge is 2.16. The molecule has 0 saturated heterocycles. The third-order valence-corrected chi connectivity index (χ3v) is 5.69. The zero-order chi connectivity index (χ0) is 21.4. The van der Waals surface area contributed by atoms with Crippen LogP contribution in [0.25, 0.3) is 43.9 Å². The number of fused-ring (bicyclic) bond motifs is 3. The maximum atomic E-state index is 13.7. The Hall–Kier alpha value is -4.05. The molecule has 5 rings (SSSR count). The summed E-state index contributed by atoms with van der Waals surface area (Å²) in [4.78, 5) is 17.0. The summed E-state index contributed by atoms with van der Waals surface area (Å²) in [6, 6.07) is 25.5. The average molecular weight is 407 g/mol. The highest BCUT2D eigenvalue weighted by atomic mass is 16.5. The molecule has 0 spiro atoms. The van der Waals surface area contributed by atoms with E-state index in [1.54, 1.807) is 14.2 Å². The maximum absolute atomic E-state index is 13.7. The van der Waals surface area contributed by atoms with Gasteiger partial charge >= 0.3 is 0 Å². The van der Waals surface area contributed by atoms with Crippen LogP contribution in [0.15, 0.2) is 89.9 Å². The highest BCUT2D eigenvalue weighted by molar-refractivity contribution is 6.11. The lowest BCUT2D eigenvalue weighted by atomic mass is 9.91. The van der Waals surface area contributed by atoms with Gasteiger partial charge in [0, 0.05) is 11.8 Å². The Kier molecular flexibility index (Phi) is 4.68. The first-order valence-corrected chi connectivity index (χ1v) is 10.1. The molecule has 0 radical (unpaired) electrons. The molecule has 0 aliphatic heterocycles. The van der Waals surface area contributed by atoms with Gasteiger partial charge in [-0.15, -0.1) is 0 Å². The third-order valence-electron chi connectivity index (χ3n) is 5.69. The molecule has 4 heteroatoms. The van der Waals surface area contributed by atoms with Gasteiger partial charge in [-0.05, 0) is 63.9 Å². The number of pyridine rings is 1. The maximum Gasteiger partial charge on any atom is 0.196 e. The second kappa shape index (κ2) is 7.65. The van der Waals surface area contributed by atoms with Gasteiger partial charge in [-0.2, -0.15) is 0 Å². The molecule has 0 aliphatic carbocycles. The zero-order valence-corrected chi connectivity index (χ0v) is 17.3. The van der Waals surface area contributed by atoms with Crippen LogP contribution in [0.3, 0.4) is 0 Å². The fourth-order valence-electron chi connectivity index (χ4n) is 4.07. The first-order chi connectivity index (χ1) is 15.2. The first kappa shape index (κ1) is 18.9. The number of methoxy groups -OCH3 is 2. The quantitative estimate of drug-likeness (QED) is 0.370. The lowest BCUT2D eigenvalue weighted by Crippen LogP contribution is -2.07. The largest absolute Gasteiger partial charge is 0.497 e. The number of hydrogen-bond acceptors (Lipinski definition) is 3. The number of benzene rings is 4. The van der Waals surface area contributed by atoms with Crippen molar-refractivity contribution in [3.8, 4) is 33.8 Å². The van der Waals surface area contributed by atoms with Crippen molar-refractivity contribution in [3.05, 3.63) is 95.3 Å². The summed E-state index contributed by atoms with van der Waals surface area (Å²) in [6.45, 7) is 0. The molecule has 0 amide bonds. The van der Waals surface area contributed by atoms with E-state index >= 15 is 0 Å². The van der Waals surface area contributed by atoms with Crippen LogP contribution in [0.2, 0.25) is 0 Å². The number of aromatic nitrogens is 1. The number of H-pyrrole nitrogens is 1. The second-order valence-electron chi connectivity index (χ2n) is 7.38. The summed E-state index contributed by atoms with van der Waals surface area (Å²) in [6.07, 6.45) is 1.86. The van der Waals surface area contributed by atoms with Gasteiger partial charge in [0.2, 0.25) is 0 Å². The van der Waals surface area contributed by atoms with Crippen LogP contribution in [-0.4, -0.2) is 19.2 Å². The van der Waals surface area contributed by atoms with E-state index in [4.69, 9.17) is 9.47 Å². The van der Waals surface area contributed by atoms with Crippen molar-refractivity contribution in [2.45, 2.75) is 0 Å². The molecule has 0 bridgehead atoms. The van der Waals surface area contributed by atoms with Crippen LogP contribution >= 0.6 is 0 Å². The van der Waals surface area contributed by atoms with Gasteiger partial charge in [-0.25, -0.2) is 0 Å². The number of rotatable bonds is 4. The van der Waals surface area contributed by atoms with Gasteiger partial charge in [0.05, 0.1) is 25.1 Å². The molecule has 31 heavy (non-hydrogen) atoms. The van der Waals surface area contributed by atoms with Crippen LogP contribution in [0.5, 0.6) is 11.5 Å². The predicted octanol–water partition coefficient (Wildman–Crippen LogP) is 6.03. The Morgan fingerprint density at radius 3 is 1.94 bits per heavy atom. The van der Waals surface area contributed by atoms with Crippen molar-refractivity contribution in [1.29, 1.82) is 0 Å². The molecule has 152 valence electrons. The third kappa shape index (κ3) is 3.22. The Bertz CT molecular complexity index is 1450. The Labute approximate surface area is 179 Å². The van der Waals surface area contributed by atoms with Gasteiger partial charge in [0.1, 0.15) is 11.5 Å². The van der Waals surface area contributed by atoms with Crippen LogP contribution in [0.1, 0.15) is 0 Å².